The Morgan fingerprint density at radius 1 is 1.20 bits per heavy atom. The summed E-state index contributed by atoms with van der Waals surface area (Å²) in [5.41, 5.74) is -1.25. The molecule has 3 nitrogen and oxygen atoms in total. The third-order valence-corrected chi connectivity index (χ3v) is 12.4. The molecule has 1 aliphatic heterocycles. The van der Waals surface area contributed by atoms with Crippen molar-refractivity contribution < 1.29 is 14.1 Å². The van der Waals surface area contributed by atoms with Gasteiger partial charge in [0.05, 0.1) is 13.0 Å². The second-order valence-corrected chi connectivity index (χ2v) is 12.8. The van der Waals surface area contributed by atoms with Crippen molar-refractivity contribution in [2.24, 2.45) is 0 Å². The average Bonchev–Trinajstić information content (AvgIpc) is 2.86. The quantitative estimate of drug-likeness (QED) is 0.434. The molecule has 0 aliphatic carbocycles. The number of carbonyl (C=O) groups excluding carboxylic acids is 1. The first-order valence-electron chi connectivity index (χ1n) is 7.33. The van der Waals surface area contributed by atoms with Crippen LogP contribution < -0.4 is 0 Å². The summed E-state index contributed by atoms with van der Waals surface area (Å²) in [6.45, 7) is 6.43. The van der Waals surface area contributed by atoms with Crippen LogP contribution in [0.2, 0.25) is 0 Å². The molecule has 0 atom stereocenters. The lowest BCUT2D eigenvalue weighted by molar-refractivity contribution is -0.142. The summed E-state index contributed by atoms with van der Waals surface area (Å²) < 4.78 is 18.1. The van der Waals surface area contributed by atoms with Crippen molar-refractivity contribution in [3.8, 4) is 0 Å². The molecule has 1 fully saturated rings. The SMILES string of the molecule is CCCC/C(CC)=C(\CC(=O)OCC)P1(=O)SCCS1. The van der Waals surface area contributed by atoms with Crippen LogP contribution in [-0.2, 0) is 14.1 Å². The predicted octanol–water partition coefficient (Wildman–Crippen LogP) is 5.47. The van der Waals surface area contributed by atoms with Crippen molar-refractivity contribution >= 4 is 34.3 Å². The maximum Gasteiger partial charge on any atom is 0.310 e. The summed E-state index contributed by atoms with van der Waals surface area (Å²) in [5, 5.41) is 0.888. The van der Waals surface area contributed by atoms with Gasteiger partial charge in [0.25, 0.3) is 0 Å². The van der Waals surface area contributed by atoms with Crippen LogP contribution in [0.4, 0.5) is 0 Å². The van der Waals surface area contributed by atoms with Crippen molar-refractivity contribution in [2.75, 3.05) is 18.1 Å². The Kier molecular flexibility index (Phi) is 8.38. The van der Waals surface area contributed by atoms with Gasteiger partial charge in [0.15, 0.2) is 0 Å². The van der Waals surface area contributed by atoms with Gasteiger partial charge in [0, 0.05) is 16.8 Å². The van der Waals surface area contributed by atoms with Gasteiger partial charge >= 0.3 is 5.97 Å². The molecular formula is C14H25O3PS2. The molecule has 20 heavy (non-hydrogen) atoms. The summed E-state index contributed by atoms with van der Waals surface area (Å²) >= 11 is 3.09. The van der Waals surface area contributed by atoms with Gasteiger partial charge in [-0.15, -0.1) is 0 Å². The van der Waals surface area contributed by atoms with Gasteiger partial charge in [0.1, 0.15) is 0 Å². The van der Waals surface area contributed by atoms with Crippen LogP contribution >= 0.6 is 28.3 Å². The van der Waals surface area contributed by atoms with E-state index in [1.54, 1.807) is 29.7 Å². The standard InChI is InChI=1S/C14H25O3PS2/c1-4-7-8-12(5-2)13(11-14(15)17-6-3)18(16)19-9-10-20-18/h4-11H2,1-3H3/b13-12+. The Morgan fingerprint density at radius 3 is 2.35 bits per heavy atom. The highest BCUT2D eigenvalue weighted by molar-refractivity contribution is 8.93. The van der Waals surface area contributed by atoms with Gasteiger partial charge < -0.3 is 4.74 Å². The first-order valence-corrected chi connectivity index (χ1v) is 12.2. The highest BCUT2D eigenvalue weighted by Gasteiger charge is 2.36. The molecule has 6 heteroatoms. The van der Waals surface area contributed by atoms with Crippen LogP contribution in [-0.4, -0.2) is 24.1 Å². The smallest absolute Gasteiger partial charge is 0.310 e. The minimum Gasteiger partial charge on any atom is -0.466 e. The molecule has 0 amide bonds. The Bertz CT molecular complexity index is 397. The molecule has 1 rings (SSSR count). The molecule has 0 aromatic rings. The molecule has 1 heterocycles. The number of hydrogen-bond donors (Lipinski definition) is 0. The number of allylic oxidation sites excluding steroid dienone is 1. The molecule has 0 unspecified atom stereocenters. The molecular weight excluding hydrogens is 311 g/mol. The first kappa shape index (κ1) is 18.2. The lowest BCUT2D eigenvalue weighted by Gasteiger charge is -2.19. The maximum atomic E-state index is 13.1. The normalized spacial score (nSPS) is 18.8. The van der Waals surface area contributed by atoms with Gasteiger partial charge in [-0.05, 0) is 26.2 Å². The lowest BCUT2D eigenvalue weighted by atomic mass is 10.1. The molecule has 0 aromatic heterocycles. The molecule has 0 aromatic carbocycles. The van der Waals surface area contributed by atoms with E-state index in [1.165, 1.54) is 5.57 Å². The Labute approximate surface area is 130 Å². The van der Waals surface area contributed by atoms with E-state index in [1.807, 2.05) is 0 Å². The van der Waals surface area contributed by atoms with E-state index in [0.717, 1.165) is 42.5 Å². The Hall–Kier alpha value is 0.140. The predicted molar refractivity (Wildman–Crippen MR) is 90.6 cm³/mol. The lowest BCUT2D eigenvalue weighted by Crippen LogP contribution is -2.06. The average molecular weight is 336 g/mol. The summed E-state index contributed by atoms with van der Waals surface area (Å²) in [7, 11) is 0. The van der Waals surface area contributed by atoms with Crippen molar-refractivity contribution in [3.05, 3.63) is 10.9 Å². The van der Waals surface area contributed by atoms with Gasteiger partial charge in [-0.25, -0.2) is 0 Å². The summed E-state index contributed by atoms with van der Waals surface area (Å²) in [6, 6.07) is 0. The zero-order chi connectivity index (χ0) is 15.0. The number of hydrogen-bond acceptors (Lipinski definition) is 5. The highest BCUT2D eigenvalue weighted by Crippen LogP contribution is 2.79. The third kappa shape index (κ3) is 5.16. The fraction of sp³-hybridized carbons (Fsp3) is 0.786. The molecule has 1 aliphatic rings. The highest BCUT2D eigenvalue weighted by atomic mass is 33.1. The fourth-order valence-corrected chi connectivity index (χ4v) is 11.7. The van der Waals surface area contributed by atoms with E-state index in [4.69, 9.17) is 4.74 Å². The molecule has 1 saturated heterocycles. The molecule has 0 spiro atoms. The summed E-state index contributed by atoms with van der Waals surface area (Å²) in [6.07, 6.45) is 4.23. The van der Waals surface area contributed by atoms with E-state index in [-0.39, 0.29) is 12.4 Å². The second kappa shape index (κ2) is 9.22. The van der Waals surface area contributed by atoms with Crippen LogP contribution in [0.25, 0.3) is 0 Å². The van der Waals surface area contributed by atoms with Crippen LogP contribution in [0.5, 0.6) is 0 Å². The topological polar surface area (TPSA) is 43.4 Å². The number of esters is 1. The van der Waals surface area contributed by atoms with Crippen molar-refractivity contribution in [1.82, 2.24) is 0 Å². The van der Waals surface area contributed by atoms with Gasteiger partial charge in [-0.2, -0.15) is 0 Å². The fourth-order valence-electron chi connectivity index (χ4n) is 2.19. The van der Waals surface area contributed by atoms with E-state index in [2.05, 4.69) is 13.8 Å². The third-order valence-electron chi connectivity index (χ3n) is 3.22. The van der Waals surface area contributed by atoms with Crippen LogP contribution in [0, 0.1) is 0 Å². The van der Waals surface area contributed by atoms with Crippen LogP contribution in [0.15, 0.2) is 10.9 Å². The maximum absolute atomic E-state index is 13.1. The number of carbonyl (C=O) groups is 1. The van der Waals surface area contributed by atoms with E-state index < -0.39 is 5.55 Å². The number of rotatable bonds is 8. The number of unbranched alkanes of at least 4 members (excludes halogenated alkanes) is 1. The largest absolute Gasteiger partial charge is 0.466 e. The van der Waals surface area contributed by atoms with E-state index in [0.29, 0.717) is 6.61 Å². The summed E-state index contributed by atoms with van der Waals surface area (Å²) in [4.78, 5) is 11.9. The van der Waals surface area contributed by atoms with Crippen LogP contribution in [0.3, 0.4) is 0 Å². The Morgan fingerprint density at radius 2 is 1.85 bits per heavy atom. The van der Waals surface area contributed by atoms with Crippen LogP contribution in [0.1, 0.15) is 52.9 Å². The van der Waals surface area contributed by atoms with Gasteiger partial charge in [0.2, 0.25) is 5.55 Å². The molecule has 116 valence electrons. The molecule has 0 bridgehead atoms. The minimum absolute atomic E-state index is 0.206. The van der Waals surface area contributed by atoms with E-state index >= 15 is 0 Å². The van der Waals surface area contributed by atoms with Gasteiger partial charge in [-0.3, -0.25) is 9.36 Å². The molecule has 0 N–H and O–H groups in total. The van der Waals surface area contributed by atoms with Crippen molar-refractivity contribution in [3.63, 3.8) is 0 Å². The van der Waals surface area contributed by atoms with Crippen molar-refractivity contribution in [1.29, 1.82) is 0 Å². The second-order valence-electron chi connectivity index (χ2n) is 4.65. The monoisotopic (exact) mass is 336 g/mol. The van der Waals surface area contributed by atoms with Crippen molar-refractivity contribution in [2.45, 2.75) is 52.9 Å². The Balaban J connectivity index is 3.01. The van der Waals surface area contributed by atoms with Gasteiger partial charge in [-0.1, -0.05) is 48.6 Å². The molecule has 0 saturated carbocycles. The zero-order valence-corrected chi connectivity index (χ0v) is 15.2. The molecule has 0 radical (unpaired) electrons. The number of ether oxygens (including phenoxy) is 1. The first-order chi connectivity index (χ1) is 9.57. The summed E-state index contributed by atoms with van der Waals surface area (Å²) in [5.74, 6) is 1.59. The zero-order valence-electron chi connectivity index (χ0n) is 12.6. The minimum atomic E-state index is -2.46. The van der Waals surface area contributed by atoms with E-state index in [9.17, 15) is 9.36 Å².